The number of rotatable bonds is 6. The lowest BCUT2D eigenvalue weighted by atomic mass is 10.1. The molecule has 0 amide bonds. The van der Waals surface area contributed by atoms with E-state index >= 15 is 0 Å². The van der Waals surface area contributed by atoms with Crippen molar-refractivity contribution in [3.05, 3.63) is 29.8 Å². The Kier molecular flexibility index (Phi) is 4.87. The van der Waals surface area contributed by atoms with Crippen molar-refractivity contribution in [3.63, 3.8) is 0 Å². The third kappa shape index (κ3) is 3.47. The first-order valence-electron chi connectivity index (χ1n) is 6.95. The van der Waals surface area contributed by atoms with Gasteiger partial charge in [0.05, 0.1) is 0 Å². The molecule has 1 aliphatic heterocycles. The molecular formula is C15H24N2. The third-order valence-electron chi connectivity index (χ3n) is 3.46. The van der Waals surface area contributed by atoms with Crippen molar-refractivity contribution in [2.75, 3.05) is 24.5 Å². The number of nitrogens with zero attached hydrogens (tertiary/aromatic N) is 1. The molecule has 2 heteroatoms. The van der Waals surface area contributed by atoms with Crippen LogP contribution in [0.15, 0.2) is 24.3 Å². The topological polar surface area (TPSA) is 15.3 Å². The van der Waals surface area contributed by atoms with E-state index in [0.29, 0.717) is 0 Å². The molecule has 0 spiro atoms. The molecule has 17 heavy (non-hydrogen) atoms. The Morgan fingerprint density at radius 1 is 1.18 bits per heavy atom. The predicted octanol–water partition coefficient (Wildman–Crippen LogP) is 3.18. The maximum Gasteiger partial charge on any atom is 0.0411 e. The fraction of sp³-hybridized carbons (Fsp3) is 0.600. The van der Waals surface area contributed by atoms with Crippen LogP contribution < -0.4 is 10.2 Å². The predicted molar refractivity (Wildman–Crippen MR) is 74.5 cm³/mol. The van der Waals surface area contributed by atoms with Crippen molar-refractivity contribution < 1.29 is 0 Å². The van der Waals surface area contributed by atoms with Crippen molar-refractivity contribution >= 4 is 5.69 Å². The van der Waals surface area contributed by atoms with E-state index in [9.17, 15) is 0 Å². The molecule has 1 heterocycles. The van der Waals surface area contributed by atoms with Crippen LogP contribution in [0.2, 0.25) is 0 Å². The highest BCUT2D eigenvalue weighted by Crippen LogP contribution is 2.24. The third-order valence-corrected chi connectivity index (χ3v) is 3.46. The molecule has 2 nitrogen and oxygen atoms in total. The van der Waals surface area contributed by atoms with Gasteiger partial charge in [-0.3, -0.25) is 0 Å². The zero-order valence-electron chi connectivity index (χ0n) is 10.9. The van der Waals surface area contributed by atoms with Crippen LogP contribution in [0.5, 0.6) is 0 Å². The minimum Gasteiger partial charge on any atom is -0.371 e. The lowest BCUT2D eigenvalue weighted by molar-refractivity contribution is 0.640. The van der Waals surface area contributed by atoms with Gasteiger partial charge in [0.25, 0.3) is 0 Å². The number of anilines is 1. The summed E-state index contributed by atoms with van der Waals surface area (Å²) in [7, 11) is 0. The lowest BCUT2D eigenvalue weighted by Gasteiger charge is -2.21. The molecule has 0 saturated carbocycles. The average molecular weight is 232 g/mol. The molecule has 1 fully saturated rings. The number of unbranched alkanes of at least 4 members (excludes halogenated alkanes) is 1. The number of hydrogen-bond acceptors (Lipinski definition) is 2. The van der Waals surface area contributed by atoms with E-state index in [0.717, 1.165) is 13.1 Å². The van der Waals surface area contributed by atoms with E-state index in [1.807, 2.05) is 0 Å². The van der Waals surface area contributed by atoms with E-state index in [-0.39, 0.29) is 0 Å². The normalized spacial score (nSPS) is 15.5. The smallest absolute Gasteiger partial charge is 0.0411 e. The SMILES string of the molecule is CCCCNCc1ccccc1N1CCCC1. The quantitative estimate of drug-likeness (QED) is 0.758. The van der Waals surface area contributed by atoms with E-state index in [2.05, 4.69) is 41.4 Å². The summed E-state index contributed by atoms with van der Waals surface area (Å²) in [5, 5.41) is 3.54. The van der Waals surface area contributed by atoms with Gasteiger partial charge in [0.2, 0.25) is 0 Å². The zero-order valence-corrected chi connectivity index (χ0v) is 10.9. The number of benzene rings is 1. The summed E-state index contributed by atoms with van der Waals surface area (Å²) in [5.74, 6) is 0. The van der Waals surface area contributed by atoms with Crippen LogP contribution >= 0.6 is 0 Å². The largest absolute Gasteiger partial charge is 0.371 e. The van der Waals surface area contributed by atoms with E-state index < -0.39 is 0 Å². The summed E-state index contributed by atoms with van der Waals surface area (Å²) in [4.78, 5) is 2.52. The molecule has 1 N–H and O–H groups in total. The summed E-state index contributed by atoms with van der Waals surface area (Å²) in [6.45, 7) is 6.83. The first-order chi connectivity index (χ1) is 8.42. The number of para-hydroxylation sites is 1. The van der Waals surface area contributed by atoms with Crippen molar-refractivity contribution in [1.82, 2.24) is 5.32 Å². The Morgan fingerprint density at radius 2 is 1.94 bits per heavy atom. The summed E-state index contributed by atoms with van der Waals surface area (Å²) < 4.78 is 0. The molecule has 0 atom stereocenters. The molecule has 1 aromatic rings. The van der Waals surface area contributed by atoms with Crippen LogP contribution in [-0.2, 0) is 6.54 Å². The van der Waals surface area contributed by atoms with E-state index in [1.165, 1.54) is 50.0 Å². The zero-order chi connectivity index (χ0) is 11.9. The van der Waals surface area contributed by atoms with Gasteiger partial charge in [-0.2, -0.15) is 0 Å². The Labute approximate surface area is 105 Å². The van der Waals surface area contributed by atoms with Crippen LogP contribution in [0, 0.1) is 0 Å². The second-order valence-electron chi connectivity index (χ2n) is 4.85. The van der Waals surface area contributed by atoms with Gasteiger partial charge < -0.3 is 10.2 Å². The highest BCUT2D eigenvalue weighted by atomic mass is 15.1. The minimum absolute atomic E-state index is 1.01. The monoisotopic (exact) mass is 232 g/mol. The number of nitrogens with one attached hydrogen (secondary N) is 1. The molecule has 94 valence electrons. The van der Waals surface area contributed by atoms with Crippen molar-refractivity contribution in [3.8, 4) is 0 Å². The molecule has 0 bridgehead atoms. The van der Waals surface area contributed by atoms with Crippen molar-refractivity contribution in [2.45, 2.75) is 39.2 Å². The summed E-state index contributed by atoms with van der Waals surface area (Å²) in [5.41, 5.74) is 2.89. The maximum atomic E-state index is 3.54. The molecule has 0 unspecified atom stereocenters. The number of hydrogen-bond donors (Lipinski definition) is 1. The van der Waals surface area contributed by atoms with Gasteiger partial charge in [0, 0.05) is 25.3 Å². The average Bonchev–Trinajstić information content (AvgIpc) is 2.89. The first-order valence-corrected chi connectivity index (χ1v) is 6.95. The van der Waals surface area contributed by atoms with Crippen LogP contribution in [0.4, 0.5) is 5.69 Å². The molecule has 0 aliphatic carbocycles. The Morgan fingerprint density at radius 3 is 2.71 bits per heavy atom. The molecule has 1 aliphatic rings. The maximum absolute atomic E-state index is 3.54. The van der Waals surface area contributed by atoms with Gasteiger partial charge in [-0.1, -0.05) is 31.5 Å². The highest BCUT2D eigenvalue weighted by Gasteiger charge is 2.14. The van der Waals surface area contributed by atoms with Crippen molar-refractivity contribution in [2.24, 2.45) is 0 Å². The van der Waals surface area contributed by atoms with Crippen LogP contribution in [-0.4, -0.2) is 19.6 Å². The molecular weight excluding hydrogens is 208 g/mol. The van der Waals surface area contributed by atoms with Gasteiger partial charge in [-0.25, -0.2) is 0 Å². The molecule has 2 rings (SSSR count). The van der Waals surface area contributed by atoms with E-state index in [4.69, 9.17) is 0 Å². The Bertz CT molecular complexity index is 329. The lowest BCUT2D eigenvalue weighted by Crippen LogP contribution is -2.22. The van der Waals surface area contributed by atoms with Gasteiger partial charge >= 0.3 is 0 Å². The second kappa shape index (κ2) is 6.65. The van der Waals surface area contributed by atoms with Gasteiger partial charge in [-0.15, -0.1) is 0 Å². The second-order valence-corrected chi connectivity index (χ2v) is 4.85. The standard InChI is InChI=1S/C15H24N2/c1-2-3-10-16-13-14-8-4-5-9-15(14)17-11-6-7-12-17/h4-5,8-9,16H,2-3,6-7,10-13H2,1H3. The van der Waals surface area contributed by atoms with Crippen LogP contribution in [0.3, 0.4) is 0 Å². The van der Waals surface area contributed by atoms with E-state index in [1.54, 1.807) is 0 Å². The van der Waals surface area contributed by atoms with Crippen LogP contribution in [0.25, 0.3) is 0 Å². The molecule has 0 aromatic heterocycles. The molecule has 1 aromatic carbocycles. The summed E-state index contributed by atoms with van der Waals surface area (Å²) >= 11 is 0. The summed E-state index contributed by atoms with van der Waals surface area (Å²) in [6, 6.07) is 8.83. The Balaban J connectivity index is 1.95. The minimum atomic E-state index is 1.01. The van der Waals surface area contributed by atoms with Gasteiger partial charge in [0.1, 0.15) is 0 Å². The fourth-order valence-electron chi connectivity index (χ4n) is 2.45. The Hall–Kier alpha value is -1.02. The van der Waals surface area contributed by atoms with Gasteiger partial charge in [0.15, 0.2) is 0 Å². The van der Waals surface area contributed by atoms with Crippen molar-refractivity contribution in [1.29, 1.82) is 0 Å². The van der Waals surface area contributed by atoms with Gasteiger partial charge in [-0.05, 0) is 37.4 Å². The molecule has 1 saturated heterocycles. The molecule has 0 radical (unpaired) electrons. The first kappa shape index (κ1) is 12.4. The van der Waals surface area contributed by atoms with Crippen LogP contribution in [0.1, 0.15) is 38.2 Å². The highest BCUT2D eigenvalue weighted by molar-refractivity contribution is 5.54. The summed E-state index contributed by atoms with van der Waals surface area (Å²) in [6.07, 6.45) is 5.22. The fourth-order valence-corrected chi connectivity index (χ4v) is 2.45.